The molecule has 2 aromatic heterocycles. The van der Waals surface area contributed by atoms with Gasteiger partial charge in [-0.3, -0.25) is 4.79 Å². The highest BCUT2D eigenvalue weighted by molar-refractivity contribution is 7.17. The highest BCUT2D eigenvalue weighted by Crippen LogP contribution is 2.40. The fourth-order valence-electron chi connectivity index (χ4n) is 4.57. The number of carbonyl (C=O) groups is 2. The van der Waals surface area contributed by atoms with Crippen LogP contribution in [0.25, 0.3) is 22.2 Å². The van der Waals surface area contributed by atoms with Crippen molar-refractivity contribution in [3.8, 4) is 11.3 Å². The van der Waals surface area contributed by atoms with Crippen molar-refractivity contribution >= 4 is 50.7 Å². The van der Waals surface area contributed by atoms with Gasteiger partial charge < -0.3 is 10.1 Å². The summed E-state index contributed by atoms with van der Waals surface area (Å²) in [6.07, 6.45) is 2.72. The van der Waals surface area contributed by atoms with Crippen LogP contribution < -0.4 is 5.32 Å². The molecular formula is C28H25ClN2O3S. The molecule has 7 heteroatoms. The van der Waals surface area contributed by atoms with Crippen molar-refractivity contribution in [2.45, 2.75) is 33.1 Å². The van der Waals surface area contributed by atoms with Gasteiger partial charge in [-0.2, -0.15) is 0 Å². The van der Waals surface area contributed by atoms with Crippen LogP contribution in [0.3, 0.4) is 0 Å². The number of thiophene rings is 1. The average Bonchev–Trinajstić information content (AvgIpc) is 3.20. The summed E-state index contributed by atoms with van der Waals surface area (Å²) >= 11 is 7.76. The predicted octanol–water partition coefficient (Wildman–Crippen LogP) is 7.17. The Bertz CT molecular complexity index is 1430. The molecule has 1 amide bonds. The number of hydrogen-bond donors (Lipinski definition) is 1. The lowest BCUT2D eigenvalue weighted by atomic mass is 9.88. The predicted molar refractivity (Wildman–Crippen MR) is 142 cm³/mol. The number of aromatic nitrogens is 1. The van der Waals surface area contributed by atoms with Gasteiger partial charge in [-0.15, -0.1) is 11.3 Å². The Morgan fingerprint density at radius 3 is 2.74 bits per heavy atom. The zero-order valence-corrected chi connectivity index (χ0v) is 21.1. The van der Waals surface area contributed by atoms with E-state index >= 15 is 0 Å². The number of fused-ring (bicyclic) bond motifs is 2. The van der Waals surface area contributed by atoms with Gasteiger partial charge in [0.15, 0.2) is 0 Å². The molecule has 2 aromatic carbocycles. The summed E-state index contributed by atoms with van der Waals surface area (Å²) in [4.78, 5) is 32.5. The number of nitrogens with zero attached hydrogens (tertiary/aromatic N) is 1. The molecule has 1 N–H and O–H groups in total. The normalized spacial score (nSPS) is 15.0. The maximum atomic E-state index is 13.7. The van der Waals surface area contributed by atoms with Crippen molar-refractivity contribution in [2.75, 3.05) is 11.9 Å². The molecule has 2 heterocycles. The molecular weight excluding hydrogens is 480 g/mol. The number of esters is 1. The molecule has 35 heavy (non-hydrogen) atoms. The van der Waals surface area contributed by atoms with Crippen molar-refractivity contribution in [3.05, 3.63) is 81.2 Å². The number of benzene rings is 2. The lowest BCUT2D eigenvalue weighted by Crippen LogP contribution is -2.17. The van der Waals surface area contributed by atoms with E-state index in [9.17, 15) is 9.59 Å². The standard InChI is InChI=1S/C28H25ClN2O3S/c1-3-34-28(33)25-19-11-9-16(2)13-24(19)35-27(25)31-26(32)21-15-23(17-7-5-4-6-8-17)30-22-12-10-18(29)14-20(21)22/h4-8,10,12,14-16H,3,9,11,13H2,1-2H3,(H,31,32)/t16-/m0/s1. The minimum absolute atomic E-state index is 0.279. The number of nitrogens with one attached hydrogen (secondary N) is 1. The van der Waals surface area contributed by atoms with Crippen LogP contribution >= 0.6 is 22.9 Å². The fourth-order valence-corrected chi connectivity index (χ4v) is 6.14. The first kappa shape index (κ1) is 23.5. The first-order chi connectivity index (χ1) is 16.9. The minimum atomic E-state index is -0.387. The zero-order valence-electron chi connectivity index (χ0n) is 19.6. The number of carbonyl (C=O) groups excluding carboxylic acids is 2. The van der Waals surface area contributed by atoms with Gasteiger partial charge in [0.05, 0.1) is 28.9 Å². The SMILES string of the molecule is CCOC(=O)c1c(NC(=O)c2cc(-c3ccccc3)nc3ccc(Cl)cc23)sc2c1CC[C@H](C)C2. The van der Waals surface area contributed by atoms with Crippen LogP contribution in [-0.4, -0.2) is 23.5 Å². The van der Waals surface area contributed by atoms with Crippen LogP contribution in [-0.2, 0) is 17.6 Å². The molecule has 0 saturated carbocycles. The first-order valence-corrected chi connectivity index (χ1v) is 12.9. The number of halogens is 1. The maximum Gasteiger partial charge on any atom is 0.341 e. The third kappa shape index (κ3) is 4.68. The third-order valence-corrected chi connectivity index (χ3v) is 7.71. The number of rotatable bonds is 5. The van der Waals surface area contributed by atoms with Crippen LogP contribution in [0, 0.1) is 5.92 Å². The van der Waals surface area contributed by atoms with Crippen molar-refractivity contribution in [1.29, 1.82) is 0 Å². The Morgan fingerprint density at radius 1 is 1.17 bits per heavy atom. The van der Waals surface area contributed by atoms with Crippen LogP contribution in [0.15, 0.2) is 54.6 Å². The molecule has 1 aliphatic carbocycles. The Labute approximate surface area is 213 Å². The lowest BCUT2D eigenvalue weighted by molar-refractivity contribution is 0.0526. The van der Waals surface area contributed by atoms with Crippen LogP contribution in [0.4, 0.5) is 5.00 Å². The van der Waals surface area contributed by atoms with E-state index in [1.54, 1.807) is 25.1 Å². The Kier molecular flexibility index (Phi) is 6.58. The second-order valence-corrected chi connectivity index (χ2v) is 10.4. The van der Waals surface area contributed by atoms with E-state index in [1.165, 1.54) is 11.3 Å². The van der Waals surface area contributed by atoms with Crippen LogP contribution in [0.2, 0.25) is 5.02 Å². The van der Waals surface area contributed by atoms with Gasteiger partial charge in [-0.1, -0.05) is 48.9 Å². The van der Waals surface area contributed by atoms with Crippen LogP contribution in [0.1, 0.15) is 51.4 Å². The Hall–Kier alpha value is -3.22. The van der Waals surface area contributed by atoms with Gasteiger partial charge in [0, 0.05) is 20.8 Å². The smallest absolute Gasteiger partial charge is 0.341 e. The van der Waals surface area contributed by atoms with Gasteiger partial charge in [-0.25, -0.2) is 9.78 Å². The second-order valence-electron chi connectivity index (χ2n) is 8.81. The topological polar surface area (TPSA) is 68.3 Å². The number of hydrogen-bond acceptors (Lipinski definition) is 5. The van der Waals surface area contributed by atoms with Gasteiger partial charge >= 0.3 is 5.97 Å². The van der Waals surface area contributed by atoms with Crippen molar-refractivity contribution in [3.63, 3.8) is 0 Å². The number of pyridine rings is 1. The van der Waals surface area contributed by atoms with Crippen LogP contribution in [0.5, 0.6) is 0 Å². The highest BCUT2D eigenvalue weighted by Gasteiger charge is 2.29. The number of amides is 1. The van der Waals surface area contributed by atoms with E-state index in [4.69, 9.17) is 21.3 Å². The molecule has 0 radical (unpaired) electrons. The molecule has 0 saturated heterocycles. The monoisotopic (exact) mass is 504 g/mol. The van der Waals surface area contributed by atoms with Crippen molar-refractivity contribution in [1.82, 2.24) is 4.98 Å². The number of ether oxygens (including phenoxy) is 1. The van der Waals surface area contributed by atoms with E-state index in [0.29, 0.717) is 43.7 Å². The largest absolute Gasteiger partial charge is 0.462 e. The summed E-state index contributed by atoms with van der Waals surface area (Å²) in [6, 6.07) is 16.8. The molecule has 0 unspecified atom stereocenters. The average molecular weight is 505 g/mol. The van der Waals surface area contributed by atoms with E-state index in [0.717, 1.165) is 35.3 Å². The van der Waals surface area contributed by atoms with E-state index in [1.807, 2.05) is 36.4 Å². The summed E-state index contributed by atoms with van der Waals surface area (Å²) in [5.74, 6) is -0.157. The second kappa shape index (κ2) is 9.80. The maximum absolute atomic E-state index is 13.7. The van der Waals surface area contributed by atoms with Crippen molar-refractivity contribution < 1.29 is 14.3 Å². The molecule has 0 fully saturated rings. The molecule has 5 nitrogen and oxygen atoms in total. The molecule has 1 atom stereocenters. The Morgan fingerprint density at radius 2 is 1.97 bits per heavy atom. The molecule has 178 valence electrons. The molecule has 4 aromatic rings. The third-order valence-electron chi connectivity index (χ3n) is 6.30. The zero-order chi connectivity index (χ0) is 24.5. The highest BCUT2D eigenvalue weighted by atomic mass is 35.5. The summed E-state index contributed by atoms with van der Waals surface area (Å²) in [5.41, 5.74) is 4.22. The quantitative estimate of drug-likeness (QED) is 0.292. The molecule has 1 aliphatic rings. The van der Waals surface area contributed by atoms with Gasteiger partial charge in [-0.05, 0) is 61.9 Å². The number of anilines is 1. The van der Waals surface area contributed by atoms with Gasteiger partial charge in [0.1, 0.15) is 5.00 Å². The minimum Gasteiger partial charge on any atom is -0.462 e. The van der Waals surface area contributed by atoms with E-state index < -0.39 is 0 Å². The fraction of sp³-hybridized carbons (Fsp3) is 0.250. The van der Waals surface area contributed by atoms with Gasteiger partial charge in [0.2, 0.25) is 0 Å². The first-order valence-electron chi connectivity index (χ1n) is 11.7. The summed E-state index contributed by atoms with van der Waals surface area (Å²) in [5, 5.41) is 4.76. The van der Waals surface area contributed by atoms with Crippen molar-refractivity contribution in [2.24, 2.45) is 5.92 Å². The van der Waals surface area contributed by atoms with E-state index in [-0.39, 0.29) is 18.5 Å². The summed E-state index contributed by atoms with van der Waals surface area (Å²) < 4.78 is 5.36. The molecule has 5 rings (SSSR count). The van der Waals surface area contributed by atoms with Gasteiger partial charge in [0.25, 0.3) is 5.91 Å². The molecule has 0 aliphatic heterocycles. The molecule has 0 bridgehead atoms. The summed E-state index contributed by atoms with van der Waals surface area (Å²) in [7, 11) is 0. The lowest BCUT2D eigenvalue weighted by Gasteiger charge is -2.18. The van der Waals surface area contributed by atoms with E-state index in [2.05, 4.69) is 12.2 Å². The summed E-state index contributed by atoms with van der Waals surface area (Å²) in [6.45, 7) is 4.28. The molecule has 0 spiro atoms. The Balaban J connectivity index is 1.60.